The Morgan fingerprint density at radius 1 is 1.57 bits per heavy atom. The van der Waals surface area contributed by atoms with Gasteiger partial charge in [0.1, 0.15) is 5.92 Å². The molecule has 0 saturated carbocycles. The zero-order chi connectivity index (χ0) is 10.7. The predicted octanol–water partition coefficient (Wildman–Crippen LogP) is -1.45. The van der Waals surface area contributed by atoms with Crippen molar-refractivity contribution in [3.05, 3.63) is 0 Å². The van der Waals surface area contributed by atoms with Gasteiger partial charge >= 0.3 is 5.97 Å². The highest BCUT2D eigenvalue weighted by Crippen LogP contribution is 2.13. The van der Waals surface area contributed by atoms with Gasteiger partial charge in [0.2, 0.25) is 5.91 Å². The van der Waals surface area contributed by atoms with Gasteiger partial charge in [-0.1, -0.05) is 0 Å². The Labute approximate surface area is 81.4 Å². The molecule has 3 unspecified atom stereocenters. The molecule has 1 saturated heterocycles. The van der Waals surface area contributed by atoms with Crippen molar-refractivity contribution in [3.63, 3.8) is 0 Å². The van der Waals surface area contributed by atoms with E-state index in [0.717, 1.165) is 0 Å². The Bertz CT molecular complexity index is 241. The smallest absolute Gasteiger partial charge is 0.311 e. The van der Waals surface area contributed by atoms with E-state index in [4.69, 9.17) is 15.6 Å². The van der Waals surface area contributed by atoms with Crippen molar-refractivity contribution in [1.29, 1.82) is 0 Å². The molecule has 1 rings (SSSR count). The Morgan fingerprint density at radius 3 is 2.71 bits per heavy atom. The number of hydrogen-bond acceptors (Lipinski definition) is 4. The highest BCUT2D eigenvalue weighted by molar-refractivity contribution is 5.82. The van der Waals surface area contributed by atoms with Crippen molar-refractivity contribution in [3.8, 4) is 0 Å². The van der Waals surface area contributed by atoms with E-state index >= 15 is 0 Å². The number of carboxylic acid groups (broad SMARTS) is 1. The van der Waals surface area contributed by atoms with Crippen LogP contribution in [0.5, 0.6) is 0 Å². The molecule has 4 N–H and O–H groups in total. The van der Waals surface area contributed by atoms with E-state index < -0.39 is 24.0 Å². The minimum Gasteiger partial charge on any atom is -0.481 e. The van der Waals surface area contributed by atoms with E-state index in [1.807, 2.05) is 0 Å². The molecule has 1 aliphatic heterocycles. The third kappa shape index (κ3) is 2.43. The van der Waals surface area contributed by atoms with Crippen molar-refractivity contribution in [2.45, 2.75) is 19.0 Å². The molecule has 0 spiro atoms. The molecular weight excluding hydrogens is 188 g/mol. The standard InChI is InChI=1S/C8H14N2O4/c1-4(9)7(11)10-6-3-14-2-5(6)8(12)13/h4-6H,2-3,9H2,1H3,(H,10,11)(H,12,13). The quantitative estimate of drug-likeness (QED) is 0.519. The lowest BCUT2D eigenvalue weighted by Crippen LogP contribution is -2.48. The summed E-state index contributed by atoms with van der Waals surface area (Å²) >= 11 is 0. The second-order valence-electron chi connectivity index (χ2n) is 3.39. The molecule has 1 fully saturated rings. The Morgan fingerprint density at radius 2 is 2.21 bits per heavy atom. The van der Waals surface area contributed by atoms with Crippen LogP contribution in [0.3, 0.4) is 0 Å². The van der Waals surface area contributed by atoms with Crippen LogP contribution < -0.4 is 11.1 Å². The van der Waals surface area contributed by atoms with Gasteiger partial charge in [0.25, 0.3) is 0 Å². The summed E-state index contributed by atoms with van der Waals surface area (Å²) in [6.45, 7) is 1.91. The van der Waals surface area contributed by atoms with Gasteiger partial charge in [-0.05, 0) is 6.92 Å². The van der Waals surface area contributed by atoms with Crippen molar-refractivity contribution in [1.82, 2.24) is 5.32 Å². The molecule has 0 aromatic heterocycles. The summed E-state index contributed by atoms with van der Waals surface area (Å²) < 4.78 is 4.98. The summed E-state index contributed by atoms with van der Waals surface area (Å²) in [5.74, 6) is -1.98. The number of carbonyl (C=O) groups is 2. The first-order chi connectivity index (χ1) is 6.52. The van der Waals surface area contributed by atoms with Crippen LogP contribution in [0.15, 0.2) is 0 Å². The van der Waals surface area contributed by atoms with Crippen LogP contribution in [0, 0.1) is 5.92 Å². The number of nitrogens with one attached hydrogen (secondary N) is 1. The molecule has 80 valence electrons. The van der Waals surface area contributed by atoms with Gasteiger partial charge in [-0.3, -0.25) is 9.59 Å². The first-order valence-electron chi connectivity index (χ1n) is 4.39. The van der Waals surface area contributed by atoms with Gasteiger partial charge in [-0.25, -0.2) is 0 Å². The van der Waals surface area contributed by atoms with Gasteiger partial charge < -0.3 is 20.9 Å². The maximum absolute atomic E-state index is 11.2. The number of carbonyl (C=O) groups excluding carboxylic acids is 1. The van der Waals surface area contributed by atoms with Crippen molar-refractivity contribution in [2.75, 3.05) is 13.2 Å². The average molecular weight is 202 g/mol. The number of amides is 1. The van der Waals surface area contributed by atoms with E-state index in [9.17, 15) is 9.59 Å². The van der Waals surface area contributed by atoms with Crippen LogP contribution in [-0.2, 0) is 14.3 Å². The minimum atomic E-state index is -0.961. The first-order valence-corrected chi connectivity index (χ1v) is 4.39. The van der Waals surface area contributed by atoms with Crippen LogP contribution in [-0.4, -0.2) is 42.3 Å². The van der Waals surface area contributed by atoms with E-state index in [1.54, 1.807) is 6.92 Å². The SMILES string of the molecule is CC(N)C(=O)NC1COCC1C(=O)O. The monoisotopic (exact) mass is 202 g/mol. The van der Waals surface area contributed by atoms with Crippen LogP contribution in [0.2, 0.25) is 0 Å². The van der Waals surface area contributed by atoms with E-state index in [2.05, 4.69) is 5.32 Å². The number of aliphatic carboxylic acids is 1. The molecule has 0 bridgehead atoms. The fourth-order valence-corrected chi connectivity index (χ4v) is 1.25. The Balaban J connectivity index is 2.51. The predicted molar refractivity (Wildman–Crippen MR) is 47.5 cm³/mol. The van der Waals surface area contributed by atoms with Gasteiger partial charge in [-0.2, -0.15) is 0 Å². The first kappa shape index (κ1) is 10.9. The fraction of sp³-hybridized carbons (Fsp3) is 0.750. The molecule has 0 aromatic rings. The molecule has 6 heteroatoms. The normalized spacial score (nSPS) is 28.4. The summed E-state index contributed by atoms with van der Waals surface area (Å²) in [4.78, 5) is 21.9. The summed E-state index contributed by atoms with van der Waals surface area (Å²) in [7, 11) is 0. The second-order valence-corrected chi connectivity index (χ2v) is 3.39. The Kier molecular flexibility index (Phi) is 3.43. The number of rotatable bonds is 3. The largest absolute Gasteiger partial charge is 0.481 e. The number of nitrogens with two attached hydrogens (primary N) is 1. The second kappa shape index (κ2) is 4.39. The Hall–Kier alpha value is -1.14. The molecule has 1 amide bonds. The molecule has 0 aliphatic carbocycles. The lowest BCUT2D eigenvalue weighted by molar-refractivity contribution is -0.142. The van der Waals surface area contributed by atoms with Crippen molar-refractivity contribution >= 4 is 11.9 Å². The minimum absolute atomic E-state index is 0.138. The third-order valence-electron chi connectivity index (χ3n) is 2.14. The van der Waals surface area contributed by atoms with E-state index in [-0.39, 0.29) is 19.1 Å². The third-order valence-corrected chi connectivity index (χ3v) is 2.14. The zero-order valence-corrected chi connectivity index (χ0v) is 7.90. The summed E-state index contributed by atoms with van der Waals surface area (Å²) in [5.41, 5.74) is 5.34. The maximum atomic E-state index is 11.2. The number of carboxylic acids is 1. The van der Waals surface area contributed by atoms with Crippen molar-refractivity contribution in [2.24, 2.45) is 11.7 Å². The van der Waals surface area contributed by atoms with E-state index in [1.165, 1.54) is 0 Å². The van der Waals surface area contributed by atoms with Crippen LogP contribution in [0.1, 0.15) is 6.92 Å². The molecule has 3 atom stereocenters. The molecule has 14 heavy (non-hydrogen) atoms. The number of hydrogen-bond donors (Lipinski definition) is 3. The van der Waals surface area contributed by atoms with Crippen LogP contribution >= 0.6 is 0 Å². The van der Waals surface area contributed by atoms with E-state index in [0.29, 0.717) is 0 Å². The summed E-state index contributed by atoms with van der Waals surface area (Å²) in [6, 6.07) is -1.10. The van der Waals surface area contributed by atoms with Crippen LogP contribution in [0.25, 0.3) is 0 Å². The topological polar surface area (TPSA) is 102 Å². The van der Waals surface area contributed by atoms with Gasteiger partial charge in [-0.15, -0.1) is 0 Å². The summed E-state index contributed by atoms with van der Waals surface area (Å²) in [5, 5.41) is 11.3. The number of ether oxygens (including phenoxy) is 1. The lowest BCUT2D eigenvalue weighted by atomic mass is 10.0. The van der Waals surface area contributed by atoms with Gasteiger partial charge in [0.15, 0.2) is 0 Å². The molecule has 0 radical (unpaired) electrons. The highest BCUT2D eigenvalue weighted by Gasteiger charge is 2.35. The molecular formula is C8H14N2O4. The van der Waals surface area contributed by atoms with Crippen LogP contribution in [0.4, 0.5) is 0 Å². The summed E-state index contributed by atoms with van der Waals surface area (Å²) in [6.07, 6.45) is 0. The van der Waals surface area contributed by atoms with Gasteiger partial charge in [0, 0.05) is 0 Å². The molecule has 1 aliphatic rings. The molecule has 6 nitrogen and oxygen atoms in total. The molecule has 1 heterocycles. The van der Waals surface area contributed by atoms with Gasteiger partial charge in [0.05, 0.1) is 25.3 Å². The fourth-order valence-electron chi connectivity index (χ4n) is 1.25. The molecule has 0 aromatic carbocycles. The maximum Gasteiger partial charge on any atom is 0.311 e. The average Bonchev–Trinajstić information content (AvgIpc) is 2.52. The zero-order valence-electron chi connectivity index (χ0n) is 7.90. The highest BCUT2D eigenvalue weighted by atomic mass is 16.5. The lowest BCUT2D eigenvalue weighted by Gasteiger charge is -2.16. The van der Waals surface area contributed by atoms with Crippen molar-refractivity contribution < 1.29 is 19.4 Å².